The third-order valence-electron chi connectivity index (χ3n) is 2.75. The fourth-order valence-electron chi connectivity index (χ4n) is 1.73. The molecule has 1 aromatic heterocycles. The Hall–Kier alpha value is -2.10. The predicted molar refractivity (Wildman–Crippen MR) is 74.7 cm³/mol. The van der Waals surface area contributed by atoms with E-state index in [-0.39, 0.29) is 0 Å². The van der Waals surface area contributed by atoms with Gasteiger partial charge in [0.2, 0.25) is 0 Å². The number of aromatic nitrogens is 2. The van der Waals surface area contributed by atoms with Crippen LogP contribution in [0.25, 0.3) is 0 Å². The predicted octanol–water partition coefficient (Wildman–Crippen LogP) is 2.83. The summed E-state index contributed by atoms with van der Waals surface area (Å²) in [5, 5.41) is 6.48. The molecule has 0 aliphatic heterocycles. The fraction of sp³-hybridized carbons (Fsp3) is 0.286. The molecule has 0 aliphatic carbocycles. The molecule has 0 saturated heterocycles. The van der Waals surface area contributed by atoms with Crippen molar-refractivity contribution in [2.45, 2.75) is 20.4 Å². The van der Waals surface area contributed by atoms with Crippen molar-refractivity contribution < 1.29 is 0 Å². The maximum Gasteiger partial charge on any atom is 0.131 e. The minimum Gasteiger partial charge on any atom is -0.370 e. The van der Waals surface area contributed by atoms with Gasteiger partial charge in [0.05, 0.1) is 0 Å². The SMILES string of the molecule is CCNc1cc(NCc2ccccc2C)ncn1. The largest absolute Gasteiger partial charge is 0.370 e. The molecule has 0 bridgehead atoms. The summed E-state index contributed by atoms with van der Waals surface area (Å²) in [5.74, 6) is 1.68. The molecule has 0 amide bonds. The molecule has 1 heterocycles. The molecule has 2 N–H and O–H groups in total. The van der Waals surface area contributed by atoms with Crippen molar-refractivity contribution in [2.24, 2.45) is 0 Å². The summed E-state index contributed by atoms with van der Waals surface area (Å²) in [4.78, 5) is 8.34. The van der Waals surface area contributed by atoms with E-state index in [1.165, 1.54) is 11.1 Å². The zero-order valence-corrected chi connectivity index (χ0v) is 10.8. The Balaban J connectivity index is 2.02. The van der Waals surface area contributed by atoms with Crippen LogP contribution in [0.15, 0.2) is 36.7 Å². The van der Waals surface area contributed by atoms with E-state index in [1.54, 1.807) is 6.33 Å². The smallest absolute Gasteiger partial charge is 0.131 e. The van der Waals surface area contributed by atoms with E-state index in [1.807, 2.05) is 25.1 Å². The molecule has 0 unspecified atom stereocenters. The average molecular weight is 242 g/mol. The topological polar surface area (TPSA) is 49.8 Å². The van der Waals surface area contributed by atoms with Gasteiger partial charge in [-0.3, -0.25) is 0 Å². The van der Waals surface area contributed by atoms with Gasteiger partial charge in [0.25, 0.3) is 0 Å². The summed E-state index contributed by atoms with van der Waals surface area (Å²) < 4.78 is 0. The molecular weight excluding hydrogens is 224 g/mol. The van der Waals surface area contributed by atoms with E-state index >= 15 is 0 Å². The van der Waals surface area contributed by atoms with Crippen molar-refractivity contribution in [1.29, 1.82) is 0 Å². The zero-order valence-electron chi connectivity index (χ0n) is 10.8. The second-order valence-electron chi connectivity index (χ2n) is 4.10. The van der Waals surface area contributed by atoms with Crippen molar-refractivity contribution in [3.8, 4) is 0 Å². The molecule has 4 nitrogen and oxygen atoms in total. The highest BCUT2D eigenvalue weighted by molar-refractivity contribution is 5.46. The van der Waals surface area contributed by atoms with Crippen LogP contribution in [-0.4, -0.2) is 16.5 Å². The molecule has 0 saturated carbocycles. The van der Waals surface area contributed by atoms with Crippen molar-refractivity contribution in [3.63, 3.8) is 0 Å². The van der Waals surface area contributed by atoms with Crippen LogP contribution in [0.5, 0.6) is 0 Å². The Kier molecular flexibility index (Phi) is 4.12. The summed E-state index contributed by atoms with van der Waals surface area (Å²) in [6.07, 6.45) is 1.57. The molecule has 0 atom stereocenters. The van der Waals surface area contributed by atoms with Gasteiger partial charge in [0, 0.05) is 19.2 Å². The van der Waals surface area contributed by atoms with Crippen LogP contribution in [0.3, 0.4) is 0 Å². The van der Waals surface area contributed by atoms with E-state index in [2.05, 4.69) is 39.7 Å². The number of hydrogen-bond donors (Lipinski definition) is 2. The van der Waals surface area contributed by atoms with Gasteiger partial charge in [-0.1, -0.05) is 24.3 Å². The lowest BCUT2D eigenvalue weighted by Crippen LogP contribution is -2.05. The lowest BCUT2D eigenvalue weighted by molar-refractivity contribution is 1.06. The van der Waals surface area contributed by atoms with E-state index in [0.717, 1.165) is 24.7 Å². The van der Waals surface area contributed by atoms with Gasteiger partial charge in [-0.05, 0) is 25.0 Å². The van der Waals surface area contributed by atoms with Crippen LogP contribution >= 0.6 is 0 Å². The molecule has 0 spiro atoms. The van der Waals surface area contributed by atoms with E-state index in [4.69, 9.17) is 0 Å². The van der Waals surface area contributed by atoms with E-state index in [0.29, 0.717) is 0 Å². The van der Waals surface area contributed by atoms with Crippen molar-refractivity contribution in [2.75, 3.05) is 17.2 Å². The second kappa shape index (κ2) is 6.00. The molecule has 2 rings (SSSR count). The zero-order chi connectivity index (χ0) is 12.8. The van der Waals surface area contributed by atoms with Crippen molar-refractivity contribution >= 4 is 11.6 Å². The number of hydrogen-bond acceptors (Lipinski definition) is 4. The average Bonchev–Trinajstić information content (AvgIpc) is 2.39. The number of benzene rings is 1. The first-order chi connectivity index (χ1) is 8.79. The van der Waals surface area contributed by atoms with Crippen molar-refractivity contribution in [1.82, 2.24) is 9.97 Å². The van der Waals surface area contributed by atoms with Gasteiger partial charge < -0.3 is 10.6 Å². The maximum absolute atomic E-state index is 4.20. The Labute approximate surface area is 107 Å². The van der Waals surface area contributed by atoms with E-state index in [9.17, 15) is 0 Å². The van der Waals surface area contributed by atoms with Crippen LogP contribution in [0, 0.1) is 6.92 Å². The highest BCUT2D eigenvalue weighted by Crippen LogP contribution is 2.12. The summed E-state index contributed by atoms with van der Waals surface area (Å²) >= 11 is 0. The summed E-state index contributed by atoms with van der Waals surface area (Å²) in [5.41, 5.74) is 2.56. The van der Waals surface area contributed by atoms with Gasteiger partial charge in [0.15, 0.2) is 0 Å². The van der Waals surface area contributed by atoms with Crippen LogP contribution in [-0.2, 0) is 6.54 Å². The number of rotatable bonds is 5. The lowest BCUT2D eigenvalue weighted by Gasteiger charge is -2.09. The first kappa shape index (κ1) is 12.4. The summed E-state index contributed by atoms with van der Waals surface area (Å²) in [7, 11) is 0. The van der Waals surface area contributed by atoms with Crippen LogP contribution in [0.1, 0.15) is 18.1 Å². The number of nitrogens with one attached hydrogen (secondary N) is 2. The first-order valence-corrected chi connectivity index (χ1v) is 6.14. The van der Waals surface area contributed by atoms with E-state index < -0.39 is 0 Å². The quantitative estimate of drug-likeness (QED) is 0.846. The van der Waals surface area contributed by atoms with Gasteiger partial charge in [-0.2, -0.15) is 0 Å². The van der Waals surface area contributed by atoms with Crippen LogP contribution in [0.2, 0.25) is 0 Å². The third kappa shape index (κ3) is 3.20. The first-order valence-electron chi connectivity index (χ1n) is 6.14. The third-order valence-corrected chi connectivity index (χ3v) is 2.75. The fourth-order valence-corrected chi connectivity index (χ4v) is 1.73. The van der Waals surface area contributed by atoms with Gasteiger partial charge in [-0.15, -0.1) is 0 Å². The minimum atomic E-state index is 0.773. The standard InChI is InChI=1S/C14H18N4/c1-3-15-13-8-14(18-10-17-13)16-9-12-7-5-4-6-11(12)2/h4-8,10H,3,9H2,1-2H3,(H2,15,16,17,18). The number of anilines is 2. The molecule has 0 fully saturated rings. The molecular formula is C14H18N4. The van der Waals surface area contributed by atoms with Crippen molar-refractivity contribution in [3.05, 3.63) is 47.8 Å². The van der Waals surface area contributed by atoms with Gasteiger partial charge in [0.1, 0.15) is 18.0 Å². The monoisotopic (exact) mass is 242 g/mol. The highest BCUT2D eigenvalue weighted by atomic mass is 15.1. The second-order valence-corrected chi connectivity index (χ2v) is 4.10. The summed E-state index contributed by atoms with van der Waals surface area (Å²) in [6.45, 7) is 5.78. The Bertz CT molecular complexity index is 511. The molecule has 0 radical (unpaired) electrons. The molecule has 2 aromatic rings. The Morgan fingerprint density at radius 2 is 1.78 bits per heavy atom. The summed E-state index contributed by atoms with van der Waals surface area (Å²) in [6, 6.07) is 10.2. The van der Waals surface area contributed by atoms with Crippen LogP contribution in [0.4, 0.5) is 11.6 Å². The molecule has 94 valence electrons. The van der Waals surface area contributed by atoms with Gasteiger partial charge >= 0.3 is 0 Å². The minimum absolute atomic E-state index is 0.773. The highest BCUT2D eigenvalue weighted by Gasteiger charge is 1.99. The normalized spacial score (nSPS) is 10.1. The molecule has 0 aliphatic rings. The Morgan fingerprint density at radius 1 is 1.06 bits per heavy atom. The lowest BCUT2D eigenvalue weighted by atomic mass is 10.1. The maximum atomic E-state index is 4.20. The molecule has 1 aromatic carbocycles. The van der Waals surface area contributed by atoms with Gasteiger partial charge in [-0.25, -0.2) is 9.97 Å². The molecule has 18 heavy (non-hydrogen) atoms. The Morgan fingerprint density at radius 3 is 2.50 bits per heavy atom. The van der Waals surface area contributed by atoms with Crippen LogP contribution < -0.4 is 10.6 Å². The number of nitrogens with zero attached hydrogens (tertiary/aromatic N) is 2. The molecule has 4 heteroatoms. The number of aryl methyl sites for hydroxylation is 1.